The zero-order valence-corrected chi connectivity index (χ0v) is 40.4. The summed E-state index contributed by atoms with van der Waals surface area (Å²) in [6.45, 7) is 3.65. The largest absolute Gasteiger partial charge is 0.455 e. The van der Waals surface area contributed by atoms with Crippen molar-refractivity contribution in [2.24, 2.45) is 35.5 Å². The molecule has 3 saturated heterocycles. The van der Waals surface area contributed by atoms with Crippen molar-refractivity contribution >= 4 is 22.8 Å². The van der Waals surface area contributed by atoms with Crippen LogP contribution in [-0.2, 0) is 59.1 Å². The molecule has 11 fully saturated rings. The fourth-order valence-electron chi connectivity index (χ4n) is 12.7. The Labute approximate surface area is 401 Å². The van der Waals surface area contributed by atoms with Crippen molar-refractivity contribution in [3.63, 3.8) is 0 Å². The first-order valence-electron chi connectivity index (χ1n) is 23.8. The van der Waals surface area contributed by atoms with Crippen molar-refractivity contribution in [2.75, 3.05) is 51.1 Å². The Hall–Kier alpha value is -2.53. The number of hydrogen-bond donors (Lipinski definition) is 0. The fraction of sp³-hybridized carbons (Fsp3) is 0.833. The number of rotatable bonds is 5. The standard InChI is InChI=1S/2C17H20F6O4.C14H21OS/c2*1-13(18,19)12(24)27-14-4-9-2-10(5-14)17(11(3-9)6-14)25-7-15(20,21)16(22,23)8-26-17;1-14(2,3)12-4-6-13(7-5-12)16-10-8-15-9-11-16/h2*9-11H,2-8H2,1H3;4-7H,8-11H2,1-3H3/q;;+1. The number of benzene rings is 1. The van der Waals surface area contributed by atoms with Crippen molar-refractivity contribution in [1.29, 1.82) is 0 Å². The SMILES string of the molecule is CC(C)(C)c1ccc([S+]2CCOCC2)cc1.CC(F)(F)C(=O)OC12CC3CC(C1)C1(OCC(F)(F)C(F)(F)CO1)C(C3)C2.CC(F)(F)C(=O)OC12CC3CC(C1)C1(OCC(F)(F)C(F)(F)CO1)C(C3)C2. The van der Waals surface area contributed by atoms with Gasteiger partial charge in [-0.15, -0.1) is 0 Å². The van der Waals surface area contributed by atoms with Crippen LogP contribution in [0.1, 0.15) is 104 Å². The average molecular weight is 1040 g/mol. The summed E-state index contributed by atoms with van der Waals surface area (Å²) >= 11 is 0. The zero-order chi connectivity index (χ0) is 51.4. The highest BCUT2D eigenvalue weighted by atomic mass is 32.2. The van der Waals surface area contributed by atoms with E-state index in [1.807, 2.05) is 0 Å². The molecular weight excluding hydrogens is 981 g/mol. The zero-order valence-electron chi connectivity index (χ0n) is 39.6. The Bertz CT molecular complexity index is 1900. The van der Waals surface area contributed by atoms with E-state index in [9.17, 15) is 62.3 Å². The van der Waals surface area contributed by atoms with E-state index < -0.39 is 120 Å². The molecule has 12 rings (SSSR count). The van der Waals surface area contributed by atoms with Gasteiger partial charge in [0.15, 0.2) is 16.5 Å². The number of esters is 2. The summed E-state index contributed by atoms with van der Waals surface area (Å²) in [5.74, 6) is -31.1. The van der Waals surface area contributed by atoms with Crippen LogP contribution in [0.3, 0.4) is 0 Å². The van der Waals surface area contributed by atoms with Gasteiger partial charge in [-0.3, -0.25) is 0 Å². The van der Waals surface area contributed by atoms with E-state index in [0.717, 1.165) is 13.2 Å². The van der Waals surface area contributed by atoms with Gasteiger partial charge in [0, 0.05) is 48.4 Å². The Morgan fingerprint density at radius 1 is 0.529 bits per heavy atom. The maximum absolute atomic E-state index is 13.7. The van der Waals surface area contributed by atoms with Gasteiger partial charge in [-0.25, -0.2) is 9.59 Å². The summed E-state index contributed by atoms with van der Waals surface area (Å²) < 4.78 is 200. The van der Waals surface area contributed by atoms with E-state index in [4.69, 9.17) is 33.2 Å². The number of hydrogen-bond acceptors (Lipinski definition) is 9. The van der Waals surface area contributed by atoms with Crippen LogP contribution in [0.5, 0.6) is 0 Å². The van der Waals surface area contributed by atoms with Gasteiger partial charge in [0.2, 0.25) is 0 Å². The second kappa shape index (κ2) is 18.1. The molecule has 22 heteroatoms. The van der Waals surface area contributed by atoms with Crippen molar-refractivity contribution in [3.8, 4) is 0 Å². The number of halogens is 12. The minimum Gasteiger partial charge on any atom is -0.455 e. The van der Waals surface area contributed by atoms with Crippen molar-refractivity contribution in [3.05, 3.63) is 29.8 Å². The molecule has 8 bridgehead atoms. The third-order valence-electron chi connectivity index (χ3n) is 15.9. The minimum atomic E-state index is -4.36. The van der Waals surface area contributed by atoms with Crippen LogP contribution in [0.4, 0.5) is 52.7 Å². The fourth-order valence-corrected chi connectivity index (χ4v) is 14.5. The number of carbonyl (C=O) groups excluding carboxylic acids is 2. The molecule has 0 amide bonds. The smallest absolute Gasteiger partial charge is 0.377 e. The lowest BCUT2D eigenvalue weighted by molar-refractivity contribution is -0.355. The predicted molar refractivity (Wildman–Crippen MR) is 226 cm³/mol. The summed E-state index contributed by atoms with van der Waals surface area (Å²) in [5, 5.41) is 0. The van der Waals surface area contributed by atoms with E-state index in [-0.39, 0.29) is 42.9 Å². The van der Waals surface area contributed by atoms with Gasteiger partial charge in [0.25, 0.3) is 0 Å². The Balaban J connectivity index is 0.000000146. The highest BCUT2D eigenvalue weighted by Crippen LogP contribution is 2.65. The molecule has 4 unspecified atom stereocenters. The lowest BCUT2D eigenvalue weighted by Gasteiger charge is -2.63. The molecule has 3 aliphatic heterocycles. The summed E-state index contributed by atoms with van der Waals surface area (Å²) in [6, 6.07) is 9.21. The summed E-state index contributed by atoms with van der Waals surface area (Å²) in [6.07, 6.45) is 2.93. The van der Waals surface area contributed by atoms with Crippen LogP contribution in [0.2, 0.25) is 0 Å². The van der Waals surface area contributed by atoms with E-state index in [1.54, 1.807) is 0 Å². The molecule has 396 valence electrons. The molecule has 1 aromatic rings. The molecule has 4 atom stereocenters. The van der Waals surface area contributed by atoms with E-state index in [1.165, 1.54) is 22.0 Å². The topological polar surface area (TPSA) is 98.8 Å². The second-order valence-corrected chi connectivity index (χ2v) is 24.6. The summed E-state index contributed by atoms with van der Waals surface area (Å²) in [4.78, 5) is 24.9. The van der Waals surface area contributed by atoms with Crippen LogP contribution >= 0.6 is 0 Å². The van der Waals surface area contributed by atoms with E-state index in [2.05, 4.69) is 45.0 Å². The highest BCUT2D eigenvalue weighted by Gasteiger charge is 2.72. The lowest BCUT2D eigenvalue weighted by atomic mass is 9.51. The normalized spacial score (nSPS) is 36.2. The molecule has 11 aliphatic rings. The first-order valence-corrected chi connectivity index (χ1v) is 25.4. The van der Waals surface area contributed by atoms with Crippen LogP contribution in [-0.4, -0.2) is 121 Å². The van der Waals surface area contributed by atoms with Crippen LogP contribution < -0.4 is 0 Å². The minimum absolute atomic E-state index is 0.0166. The molecule has 2 spiro atoms. The molecule has 1 aromatic carbocycles. The number of ether oxygens (including phenoxy) is 7. The lowest BCUT2D eigenvalue weighted by Crippen LogP contribution is -2.66. The quantitative estimate of drug-likeness (QED) is 0.162. The van der Waals surface area contributed by atoms with Gasteiger partial charge in [0.1, 0.15) is 49.1 Å². The Kier molecular flexibility index (Phi) is 13.9. The van der Waals surface area contributed by atoms with Gasteiger partial charge in [-0.1, -0.05) is 32.9 Å². The van der Waals surface area contributed by atoms with Crippen molar-refractivity contribution in [2.45, 2.75) is 167 Å². The Morgan fingerprint density at radius 2 is 0.843 bits per heavy atom. The summed E-state index contributed by atoms with van der Waals surface area (Å²) in [7, 11) is 0.432. The third kappa shape index (κ3) is 10.2. The molecule has 8 saturated carbocycles. The van der Waals surface area contributed by atoms with E-state index >= 15 is 0 Å². The average Bonchev–Trinajstić information content (AvgIpc) is 3.40. The third-order valence-corrected chi connectivity index (χ3v) is 18.1. The molecule has 0 radical (unpaired) electrons. The van der Waals surface area contributed by atoms with Crippen LogP contribution in [0.25, 0.3) is 0 Å². The number of carbonyl (C=O) groups is 2. The highest BCUT2D eigenvalue weighted by molar-refractivity contribution is 7.97. The molecular formula is C48H61F12O9S+. The van der Waals surface area contributed by atoms with Crippen molar-refractivity contribution < 1.29 is 95.4 Å². The van der Waals surface area contributed by atoms with Gasteiger partial charge < -0.3 is 33.2 Å². The van der Waals surface area contributed by atoms with Gasteiger partial charge in [-0.05, 0) is 99.2 Å². The van der Waals surface area contributed by atoms with E-state index in [0.29, 0.717) is 63.3 Å². The maximum Gasteiger partial charge on any atom is 0.377 e. The second-order valence-electron chi connectivity index (χ2n) is 22.3. The van der Waals surface area contributed by atoms with Crippen LogP contribution in [0, 0.1) is 35.5 Å². The molecule has 8 aliphatic carbocycles. The molecule has 3 heterocycles. The van der Waals surface area contributed by atoms with Gasteiger partial charge in [-0.2, -0.15) is 52.7 Å². The molecule has 70 heavy (non-hydrogen) atoms. The molecule has 0 aromatic heterocycles. The molecule has 0 N–H and O–H groups in total. The first kappa shape index (κ1) is 53.8. The molecule has 9 nitrogen and oxygen atoms in total. The first-order chi connectivity index (χ1) is 32.1. The maximum atomic E-state index is 13.7. The van der Waals surface area contributed by atoms with Gasteiger partial charge in [0.05, 0.1) is 13.2 Å². The van der Waals surface area contributed by atoms with Crippen molar-refractivity contribution in [1.82, 2.24) is 0 Å². The summed E-state index contributed by atoms with van der Waals surface area (Å²) in [5.41, 5.74) is -0.616. The Morgan fingerprint density at radius 3 is 1.13 bits per heavy atom. The number of alkyl halides is 12. The van der Waals surface area contributed by atoms with Gasteiger partial charge >= 0.3 is 47.5 Å². The predicted octanol–water partition coefficient (Wildman–Crippen LogP) is 10.5. The monoisotopic (exact) mass is 1040 g/mol. The van der Waals surface area contributed by atoms with Crippen LogP contribution in [0.15, 0.2) is 29.2 Å².